The molecule has 2 rings (SSSR count). The van der Waals surface area contributed by atoms with Crippen LogP contribution in [-0.4, -0.2) is 4.98 Å². The zero-order valence-corrected chi connectivity index (χ0v) is 12.5. The molecule has 0 atom stereocenters. The van der Waals surface area contributed by atoms with Gasteiger partial charge in [0.05, 0.1) is 20.9 Å². The molecule has 0 saturated heterocycles. The molecular weight excluding hydrogens is 367 g/mol. The molecule has 0 spiro atoms. The minimum Gasteiger partial charge on any atom is -0.486 e. The highest BCUT2D eigenvalue weighted by Crippen LogP contribution is 2.30. The summed E-state index contributed by atoms with van der Waals surface area (Å²) in [5.41, 5.74) is 7.96. The Morgan fingerprint density at radius 3 is 2.70 bits per heavy atom. The molecule has 1 aromatic carbocycles. The van der Waals surface area contributed by atoms with Crippen LogP contribution < -0.4 is 10.5 Å². The number of benzene rings is 1. The van der Waals surface area contributed by atoms with E-state index in [0.717, 1.165) is 9.13 Å². The van der Waals surface area contributed by atoms with Crippen LogP contribution in [-0.2, 0) is 6.61 Å². The van der Waals surface area contributed by atoms with E-state index in [0.29, 0.717) is 22.7 Å². The van der Waals surface area contributed by atoms with Crippen molar-refractivity contribution in [2.45, 2.75) is 6.61 Å². The number of ether oxygens (including phenoxy) is 1. The standard InChI is InChI=1S/C14H9IN4O/c15-12-4-10(6-16)5-13(18)14(12)20-8-9-1-2-19-11(3-9)7-17/h1-5H,8,18H2. The van der Waals surface area contributed by atoms with E-state index < -0.39 is 0 Å². The lowest BCUT2D eigenvalue weighted by atomic mass is 10.2. The Labute approximate surface area is 129 Å². The lowest BCUT2D eigenvalue weighted by Gasteiger charge is -2.11. The van der Waals surface area contributed by atoms with Crippen LogP contribution in [0.3, 0.4) is 0 Å². The number of rotatable bonds is 3. The van der Waals surface area contributed by atoms with Gasteiger partial charge in [0.15, 0.2) is 5.75 Å². The van der Waals surface area contributed by atoms with Gasteiger partial charge in [-0.05, 0) is 52.4 Å². The van der Waals surface area contributed by atoms with Gasteiger partial charge in [-0.1, -0.05) is 0 Å². The van der Waals surface area contributed by atoms with Crippen LogP contribution >= 0.6 is 22.6 Å². The Morgan fingerprint density at radius 2 is 2.05 bits per heavy atom. The van der Waals surface area contributed by atoms with E-state index in [4.69, 9.17) is 21.0 Å². The molecule has 0 saturated carbocycles. The van der Waals surface area contributed by atoms with Gasteiger partial charge >= 0.3 is 0 Å². The second kappa shape index (κ2) is 6.22. The van der Waals surface area contributed by atoms with Crippen LogP contribution in [0.25, 0.3) is 0 Å². The fourth-order valence-electron chi connectivity index (χ4n) is 1.61. The number of nitrogen functional groups attached to an aromatic ring is 1. The van der Waals surface area contributed by atoms with Gasteiger partial charge in [-0.15, -0.1) is 0 Å². The van der Waals surface area contributed by atoms with Crippen LogP contribution in [0.5, 0.6) is 5.75 Å². The molecule has 2 N–H and O–H groups in total. The van der Waals surface area contributed by atoms with Crippen LogP contribution in [0.2, 0.25) is 0 Å². The SMILES string of the molecule is N#Cc1cc(N)c(OCc2ccnc(C#N)c2)c(I)c1. The summed E-state index contributed by atoms with van der Waals surface area (Å²) in [6.45, 7) is 0.281. The number of nitrogens with two attached hydrogens (primary N) is 1. The number of nitrogens with zero attached hydrogens (tertiary/aromatic N) is 3. The molecule has 0 aliphatic rings. The number of aromatic nitrogens is 1. The average molecular weight is 376 g/mol. The Hall–Kier alpha value is -2.32. The number of hydrogen-bond acceptors (Lipinski definition) is 5. The predicted octanol–water partition coefficient (Wildman–Crippen LogP) is 2.59. The molecule has 98 valence electrons. The van der Waals surface area contributed by atoms with Gasteiger partial charge in [-0.2, -0.15) is 10.5 Å². The molecule has 20 heavy (non-hydrogen) atoms. The number of nitriles is 2. The summed E-state index contributed by atoms with van der Waals surface area (Å²) >= 11 is 2.07. The lowest BCUT2D eigenvalue weighted by Crippen LogP contribution is -2.02. The first-order chi connectivity index (χ1) is 9.63. The maximum absolute atomic E-state index is 8.86. The third kappa shape index (κ3) is 3.16. The van der Waals surface area contributed by atoms with Gasteiger partial charge in [0, 0.05) is 6.20 Å². The average Bonchev–Trinajstić information content (AvgIpc) is 2.46. The Kier molecular flexibility index (Phi) is 4.38. The molecule has 6 heteroatoms. The molecule has 0 amide bonds. The first-order valence-corrected chi connectivity index (χ1v) is 6.69. The largest absolute Gasteiger partial charge is 0.486 e. The van der Waals surface area contributed by atoms with Gasteiger partial charge in [-0.25, -0.2) is 4.98 Å². The van der Waals surface area contributed by atoms with E-state index in [9.17, 15) is 0 Å². The zero-order valence-electron chi connectivity index (χ0n) is 10.3. The van der Waals surface area contributed by atoms with E-state index in [1.807, 2.05) is 12.1 Å². The minimum absolute atomic E-state index is 0.281. The topological polar surface area (TPSA) is 95.7 Å². The van der Waals surface area contributed by atoms with Gasteiger partial charge in [0.2, 0.25) is 0 Å². The Morgan fingerprint density at radius 1 is 1.25 bits per heavy atom. The Balaban J connectivity index is 2.19. The van der Waals surface area contributed by atoms with Crippen molar-refractivity contribution in [1.82, 2.24) is 4.98 Å². The van der Waals surface area contributed by atoms with Crippen LogP contribution in [0.4, 0.5) is 5.69 Å². The summed E-state index contributed by atoms with van der Waals surface area (Å²) in [5.74, 6) is 0.542. The quantitative estimate of drug-likeness (QED) is 0.656. The third-order valence-electron chi connectivity index (χ3n) is 2.52. The summed E-state index contributed by atoms with van der Waals surface area (Å²) in [4.78, 5) is 3.89. The molecule has 0 aliphatic heterocycles. The normalized spacial score (nSPS) is 9.55. The van der Waals surface area contributed by atoms with Crippen molar-refractivity contribution in [3.05, 3.63) is 50.9 Å². The van der Waals surface area contributed by atoms with Crippen molar-refractivity contribution in [1.29, 1.82) is 10.5 Å². The summed E-state index contributed by atoms with van der Waals surface area (Å²) in [6, 6.07) is 10.7. The van der Waals surface area contributed by atoms with Crippen molar-refractivity contribution in [2.75, 3.05) is 5.73 Å². The molecular formula is C14H9IN4O. The highest BCUT2D eigenvalue weighted by atomic mass is 127. The van der Waals surface area contributed by atoms with Crippen molar-refractivity contribution in [3.8, 4) is 17.9 Å². The number of pyridine rings is 1. The zero-order chi connectivity index (χ0) is 14.5. The van der Waals surface area contributed by atoms with Crippen molar-refractivity contribution >= 4 is 28.3 Å². The molecule has 0 aliphatic carbocycles. The fraction of sp³-hybridized carbons (Fsp3) is 0.0714. The summed E-state index contributed by atoms with van der Waals surface area (Å²) in [5, 5.41) is 17.6. The van der Waals surface area contributed by atoms with E-state index >= 15 is 0 Å². The predicted molar refractivity (Wildman–Crippen MR) is 81.6 cm³/mol. The lowest BCUT2D eigenvalue weighted by molar-refractivity contribution is 0.305. The maximum atomic E-state index is 8.86. The summed E-state index contributed by atoms with van der Waals surface area (Å²) in [7, 11) is 0. The molecule has 2 aromatic rings. The number of halogens is 1. The summed E-state index contributed by atoms with van der Waals surface area (Å²) < 4.78 is 6.45. The van der Waals surface area contributed by atoms with Crippen LogP contribution in [0.15, 0.2) is 30.5 Å². The molecule has 0 fully saturated rings. The van der Waals surface area contributed by atoms with E-state index in [1.54, 1.807) is 30.5 Å². The van der Waals surface area contributed by atoms with Crippen molar-refractivity contribution in [2.24, 2.45) is 0 Å². The van der Waals surface area contributed by atoms with Crippen molar-refractivity contribution in [3.63, 3.8) is 0 Å². The second-order valence-corrected chi connectivity index (χ2v) is 5.10. The van der Waals surface area contributed by atoms with Gasteiger partial charge < -0.3 is 10.5 Å². The van der Waals surface area contributed by atoms with Gasteiger partial charge in [0.1, 0.15) is 18.4 Å². The Bertz CT molecular complexity index is 708. The highest BCUT2D eigenvalue weighted by molar-refractivity contribution is 14.1. The van der Waals surface area contributed by atoms with E-state index in [1.165, 1.54) is 0 Å². The second-order valence-electron chi connectivity index (χ2n) is 3.94. The first kappa shape index (κ1) is 14.1. The maximum Gasteiger partial charge on any atom is 0.156 e. The molecule has 5 nitrogen and oxygen atoms in total. The fourth-order valence-corrected chi connectivity index (χ4v) is 2.41. The molecule has 0 radical (unpaired) electrons. The smallest absolute Gasteiger partial charge is 0.156 e. The number of anilines is 1. The molecule has 0 unspecified atom stereocenters. The number of hydrogen-bond donors (Lipinski definition) is 1. The molecule has 1 aromatic heterocycles. The summed E-state index contributed by atoms with van der Waals surface area (Å²) in [6.07, 6.45) is 1.56. The highest BCUT2D eigenvalue weighted by Gasteiger charge is 2.09. The van der Waals surface area contributed by atoms with Crippen LogP contribution in [0, 0.1) is 26.2 Å². The van der Waals surface area contributed by atoms with Gasteiger partial charge in [0.25, 0.3) is 0 Å². The van der Waals surface area contributed by atoms with E-state index in [2.05, 4.69) is 27.6 Å². The van der Waals surface area contributed by atoms with Gasteiger partial charge in [-0.3, -0.25) is 0 Å². The van der Waals surface area contributed by atoms with Crippen LogP contribution in [0.1, 0.15) is 16.8 Å². The third-order valence-corrected chi connectivity index (χ3v) is 3.32. The van der Waals surface area contributed by atoms with Crippen molar-refractivity contribution < 1.29 is 4.74 Å². The minimum atomic E-state index is 0.281. The molecule has 1 heterocycles. The monoisotopic (exact) mass is 376 g/mol. The van der Waals surface area contributed by atoms with E-state index in [-0.39, 0.29) is 6.61 Å². The molecule has 0 bridgehead atoms. The first-order valence-electron chi connectivity index (χ1n) is 5.61.